The van der Waals surface area contributed by atoms with Crippen LogP contribution in [0.4, 0.5) is 5.82 Å². The minimum atomic E-state index is 0.409. The molecule has 4 rings (SSSR count). The third kappa shape index (κ3) is 2.55. The Hall–Kier alpha value is -2.14. The maximum absolute atomic E-state index is 6.03. The topological polar surface area (TPSA) is 76.8 Å². The van der Waals surface area contributed by atoms with Crippen LogP contribution in [0.3, 0.4) is 0 Å². The fourth-order valence-electron chi connectivity index (χ4n) is 3.76. The summed E-state index contributed by atoms with van der Waals surface area (Å²) in [7, 11) is 0. The van der Waals surface area contributed by atoms with Crippen LogP contribution in [0.15, 0.2) is 24.4 Å². The zero-order chi connectivity index (χ0) is 15.8. The molecule has 3 aromatic rings. The normalized spacial score (nSPS) is 22.0. The molecule has 0 spiro atoms. The number of pyridine rings is 1. The molecule has 1 aromatic carbocycles. The average Bonchev–Trinajstić information content (AvgIpc) is 3.05. The van der Waals surface area contributed by atoms with Crippen molar-refractivity contribution in [1.29, 1.82) is 0 Å². The summed E-state index contributed by atoms with van der Waals surface area (Å²) in [6.07, 6.45) is 6.76. The number of hydrogen-bond acceptors (Lipinski definition) is 4. The van der Waals surface area contributed by atoms with Crippen molar-refractivity contribution in [3.05, 3.63) is 30.0 Å². The number of aromatic amines is 1. The standard InChI is InChI=1S/C18H22N4O/c1-2-13-9-11(6-7-23-13)8-12-4-3-5-15-16(12)14-10-20-22-17(14)18(19)21-15/h3-5,10-11,13H,2,6-9H2,1H3,(H2,19,21)(H,20,22). The van der Waals surface area contributed by atoms with Gasteiger partial charge in [0, 0.05) is 23.6 Å². The number of ether oxygens (including phenoxy) is 1. The molecule has 5 nitrogen and oxygen atoms in total. The number of nitrogens with zero attached hydrogens (tertiary/aromatic N) is 2. The molecule has 5 heteroatoms. The lowest BCUT2D eigenvalue weighted by molar-refractivity contribution is -0.0101. The van der Waals surface area contributed by atoms with Crippen LogP contribution in [0.2, 0.25) is 0 Å². The lowest BCUT2D eigenvalue weighted by Crippen LogP contribution is -2.26. The number of rotatable bonds is 3. The Morgan fingerprint density at radius 3 is 3.17 bits per heavy atom. The van der Waals surface area contributed by atoms with Gasteiger partial charge in [0.1, 0.15) is 5.52 Å². The first-order valence-corrected chi connectivity index (χ1v) is 8.38. The first-order chi connectivity index (χ1) is 11.3. The van der Waals surface area contributed by atoms with Gasteiger partial charge in [0.15, 0.2) is 5.82 Å². The zero-order valence-electron chi connectivity index (χ0n) is 13.4. The highest BCUT2D eigenvalue weighted by Gasteiger charge is 2.22. The summed E-state index contributed by atoms with van der Waals surface area (Å²) in [5.41, 5.74) is 9.08. The Labute approximate surface area is 135 Å². The van der Waals surface area contributed by atoms with E-state index >= 15 is 0 Å². The van der Waals surface area contributed by atoms with Gasteiger partial charge in [-0.3, -0.25) is 5.10 Å². The highest BCUT2D eigenvalue weighted by Crippen LogP contribution is 2.32. The van der Waals surface area contributed by atoms with Crippen molar-refractivity contribution < 1.29 is 4.74 Å². The van der Waals surface area contributed by atoms with Gasteiger partial charge in [-0.15, -0.1) is 0 Å². The van der Waals surface area contributed by atoms with E-state index in [4.69, 9.17) is 10.5 Å². The van der Waals surface area contributed by atoms with E-state index < -0.39 is 0 Å². The minimum Gasteiger partial charge on any atom is -0.382 e. The molecule has 0 bridgehead atoms. The minimum absolute atomic E-state index is 0.409. The second kappa shape index (κ2) is 5.81. The van der Waals surface area contributed by atoms with Crippen LogP contribution >= 0.6 is 0 Å². The second-order valence-electron chi connectivity index (χ2n) is 6.45. The van der Waals surface area contributed by atoms with Crippen molar-refractivity contribution in [2.24, 2.45) is 5.92 Å². The lowest BCUT2D eigenvalue weighted by Gasteiger charge is -2.29. The lowest BCUT2D eigenvalue weighted by atomic mass is 9.87. The maximum Gasteiger partial charge on any atom is 0.152 e. The van der Waals surface area contributed by atoms with Crippen molar-refractivity contribution in [2.45, 2.75) is 38.7 Å². The fourth-order valence-corrected chi connectivity index (χ4v) is 3.76. The third-order valence-corrected chi connectivity index (χ3v) is 4.96. The molecule has 2 unspecified atom stereocenters. The number of fused-ring (bicyclic) bond motifs is 3. The average molecular weight is 310 g/mol. The van der Waals surface area contributed by atoms with Crippen molar-refractivity contribution in [3.63, 3.8) is 0 Å². The largest absolute Gasteiger partial charge is 0.382 e. The van der Waals surface area contributed by atoms with Crippen LogP contribution in [0, 0.1) is 5.92 Å². The zero-order valence-corrected chi connectivity index (χ0v) is 13.4. The number of nitrogen functional groups attached to an aromatic ring is 1. The molecule has 2 aromatic heterocycles. The van der Waals surface area contributed by atoms with E-state index in [-0.39, 0.29) is 0 Å². The number of anilines is 1. The van der Waals surface area contributed by atoms with Gasteiger partial charge in [0.05, 0.1) is 11.6 Å². The van der Waals surface area contributed by atoms with Crippen LogP contribution in [0.25, 0.3) is 21.8 Å². The number of H-pyrrole nitrogens is 1. The molecule has 0 aliphatic carbocycles. The number of aromatic nitrogens is 3. The molecule has 0 saturated carbocycles. The first kappa shape index (κ1) is 14.5. The Bertz CT molecular complexity index is 842. The molecule has 1 fully saturated rings. The van der Waals surface area contributed by atoms with Gasteiger partial charge in [-0.2, -0.15) is 5.10 Å². The Kier molecular flexibility index (Phi) is 3.65. The van der Waals surface area contributed by atoms with Crippen LogP contribution in [0.1, 0.15) is 31.7 Å². The van der Waals surface area contributed by atoms with Crippen LogP contribution in [-0.4, -0.2) is 27.9 Å². The van der Waals surface area contributed by atoms with Gasteiger partial charge in [0.25, 0.3) is 0 Å². The SMILES string of the molecule is CCC1CC(Cc2cccc3nc(N)c4n[nH]cc4c23)CCO1. The highest BCUT2D eigenvalue weighted by atomic mass is 16.5. The van der Waals surface area contributed by atoms with Crippen molar-refractivity contribution in [1.82, 2.24) is 15.2 Å². The maximum atomic E-state index is 6.03. The van der Waals surface area contributed by atoms with E-state index in [0.717, 1.165) is 48.7 Å². The molecule has 1 aliphatic heterocycles. The highest BCUT2D eigenvalue weighted by molar-refractivity contribution is 6.09. The smallest absolute Gasteiger partial charge is 0.152 e. The van der Waals surface area contributed by atoms with Gasteiger partial charge in [0.2, 0.25) is 0 Å². The fraction of sp³-hybridized carbons (Fsp3) is 0.444. The first-order valence-electron chi connectivity index (χ1n) is 8.38. The summed E-state index contributed by atoms with van der Waals surface area (Å²) >= 11 is 0. The monoisotopic (exact) mass is 310 g/mol. The van der Waals surface area contributed by atoms with Crippen molar-refractivity contribution in [3.8, 4) is 0 Å². The van der Waals surface area contributed by atoms with Crippen LogP contribution < -0.4 is 5.73 Å². The summed E-state index contributed by atoms with van der Waals surface area (Å²) in [4.78, 5) is 4.53. The molecule has 120 valence electrons. The molecule has 1 saturated heterocycles. The molecular formula is C18H22N4O. The van der Waals surface area contributed by atoms with Gasteiger partial charge < -0.3 is 10.5 Å². The third-order valence-electron chi connectivity index (χ3n) is 4.96. The number of nitrogens with two attached hydrogens (primary N) is 1. The van der Waals surface area contributed by atoms with Crippen molar-refractivity contribution >= 4 is 27.6 Å². The molecule has 3 heterocycles. The summed E-state index contributed by atoms with van der Waals surface area (Å²) in [5, 5.41) is 9.43. The van der Waals surface area contributed by atoms with Gasteiger partial charge in [-0.25, -0.2) is 4.98 Å². The Morgan fingerprint density at radius 2 is 2.30 bits per heavy atom. The van der Waals surface area contributed by atoms with Crippen molar-refractivity contribution in [2.75, 3.05) is 12.3 Å². The molecular weight excluding hydrogens is 288 g/mol. The van der Waals surface area contributed by atoms with Gasteiger partial charge in [-0.1, -0.05) is 19.1 Å². The Balaban J connectivity index is 1.76. The summed E-state index contributed by atoms with van der Waals surface area (Å²) in [6, 6.07) is 6.32. The van der Waals surface area contributed by atoms with Crippen LogP contribution in [0.5, 0.6) is 0 Å². The number of benzene rings is 1. The van der Waals surface area contributed by atoms with E-state index in [9.17, 15) is 0 Å². The summed E-state index contributed by atoms with van der Waals surface area (Å²) in [6.45, 7) is 3.08. The second-order valence-corrected chi connectivity index (χ2v) is 6.45. The van der Waals surface area contributed by atoms with E-state index in [1.807, 2.05) is 12.3 Å². The molecule has 0 radical (unpaired) electrons. The van der Waals surface area contributed by atoms with Crippen LogP contribution in [-0.2, 0) is 11.2 Å². The molecule has 3 N–H and O–H groups in total. The number of hydrogen-bond donors (Lipinski definition) is 2. The summed E-state index contributed by atoms with van der Waals surface area (Å²) in [5.74, 6) is 1.15. The summed E-state index contributed by atoms with van der Waals surface area (Å²) < 4.78 is 5.81. The van der Waals surface area contributed by atoms with E-state index in [2.05, 4.69) is 34.2 Å². The number of nitrogens with one attached hydrogen (secondary N) is 1. The predicted molar refractivity (Wildman–Crippen MR) is 92.3 cm³/mol. The molecule has 1 aliphatic rings. The predicted octanol–water partition coefficient (Wildman–Crippen LogP) is 3.44. The molecule has 0 amide bonds. The van der Waals surface area contributed by atoms with E-state index in [0.29, 0.717) is 17.8 Å². The van der Waals surface area contributed by atoms with E-state index in [1.54, 1.807) is 0 Å². The molecule has 2 atom stereocenters. The van der Waals surface area contributed by atoms with Gasteiger partial charge in [-0.05, 0) is 43.2 Å². The van der Waals surface area contributed by atoms with E-state index in [1.165, 1.54) is 10.9 Å². The quantitative estimate of drug-likeness (QED) is 0.777. The van der Waals surface area contributed by atoms with Gasteiger partial charge >= 0.3 is 0 Å². The molecule has 23 heavy (non-hydrogen) atoms. The Morgan fingerprint density at radius 1 is 1.39 bits per heavy atom.